The third-order valence-corrected chi connectivity index (χ3v) is 5.58. The molecule has 2 aliphatic rings. The Kier molecular flexibility index (Phi) is 4.15. The Hall–Kier alpha value is -3.08. The summed E-state index contributed by atoms with van der Waals surface area (Å²) in [6.45, 7) is 0. The Labute approximate surface area is 163 Å². The van der Waals surface area contributed by atoms with Crippen LogP contribution in [-0.2, 0) is 24.1 Å². The van der Waals surface area contributed by atoms with Gasteiger partial charge in [-0.25, -0.2) is 0 Å². The minimum Gasteiger partial charge on any atom is -0.464 e. The Morgan fingerprint density at radius 2 is 1.86 bits per heavy atom. The predicted octanol–water partition coefficient (Wildman–Crippen LogP) is 3.99. The maximum absolute atomic E-state index is 12.7. The highest BCUT2D eigenvalue weighted by Gasteiger charge is 2.25. The summed E-state index contributed by atoms with van der Waals surface area (Å²) in [4.78, 5) is 25.1. The van der Waals surface area contributed by atoms with Crippen molar-refractivity contribution in [3.63, 3.8) is 0 Å². The summed E-state index contributed by atoms with van der Waals surface area (Å²) in [6.07, 6.45) is 7.30. The standard InChI is InChI=1S/C23H22N2O3/c26-22(25-20-7-2-1-6-18(20)23(27)24-17-8-9-17)12-16-13-28-21-11-15-5-3-4-14(15)10-19(16)21/h1-2,6-7,10-11,13,17H,3-5,8-9,12H2,(H,24,27)(H,25,26). The van der Waals surface area contributed by atoms with Crippen LogP contribution in [0.25, 0.3) is 11.0 Å². The minimum atomic E-state index is -0.158. The Balaban J connectivity index is 1.34. The fourth-order valence-corrected chi connectivity index (χ4v) is 3.93. The van der Waals surface area contributed by atoms with E-state index in [1.807, 2.05) is 12.1 Å². The van der Waals surface area contributed by atoms with Gasteiger partial charge in [-0.05, 0) is 67.5 Å². The van der Waals surface area contributed by atoms with Crippen LogP contribution < -0.4 is 10.6 Å². The summed E-state index contributed by atoms with van der Waals surface area (Å²) < 4.78 is 5.69. The lowest BCUT2D eigenvalue weighted by Crippen LogP contribution is -2.27. The molecule has 0 radical (unpaired) electrons. The second-order valence-electron chi connectivity index (χ2n) is 7.75. The van der Waals surface area contributed by atoms with Crippen molar-refractivity contribution in [1.82, 2.24) is 5.32 Å². The van der Waals surface area contributed by atoms with Gasteiger partial charge >= 0.3 is 0 Å². The van der Waals surface area contributed by atoms with Gasteiger partial charge in [0.25, 0.3) is 5.91 Å². The molecule has 2 aliphatic carbocycles. The Morgan fingerprint density at radius 3 is 2.68 bits per heavy atom. The number of benzene rings is 2. The average Bonchev–Trinajstić information content (AvgIpc) is 3.24. The van der Waals surface area contributed by atoms with E-state index >= 15 is 0 Å². The van der Waals surface area contributed by atoms with Crippen LogP contribution in [0.3, 0.4) is 0 Å². The predicted molar refractivity (Wildman–Crippen MR) is 108 cm³/mol. The number of hydrogen-bond donors (Lipinski definition) is 2. The van der Waals surface area contributed by atoms with Crippen LogP contribution in [-0.4, -0.2) is 17.9 Å². The van der Waals surface area contributed by atoms with Gasteiger partial charge in [0.2, 0.25) is 5.91 Å². The molecule has 5 rings (SSSR count). The highest BCUT2D eigenvalue weighted by Crippen LogP contribution is 2.30. The van der Waals surface area contributed by atoms with E-state index in [-0.39, 0.29) is 24.3 Å². The molecule has 2 amide bonds. The van der Waals surface area contributed by atoms with E-state index < -0.39 is 0 Å². The molecule has 3 aromatic rings. The molecule has 1 saturated carbocycles. The van der Waals surface area contributed by atoms with Crippen molar-refractivity contribution >= 4 is 28.5 Å². The molecule has 1 heterocycles. The van der Waals surface area contributed by atoms with Crippen molar-refractivity contribution in [2.45, 2.75) is 44.6 Å². The van der Waals surface area contributed by atoms with Crippen molar-refractivity contribution in [3.05, 3.63) is 64.9 Å². The van der Waals surface area contributed by atoms with Crippen LogP contribution >= 0.6 is 0 Å². The van der Waals surface area contributed by atoms with E-state index in [0.717, 1.165) is 42.2 Å². The summed E-state index contributed by atoms with van der Waals surface area (Å²) in [5.41, 5.74) is 5.47. The molecule has 5 heteroatoms. The normalized spacial score (nSPS) is 15.4. The molecule has 28 heavy (non-hydrogen) atoms. The van der Waals surface area contributed by atoms with Gasteiger partial charge in [-0.3, -0.25) is 9.59 Å². The molecule has 142 valence electrons. The maximum atomic E-state index is 12.7. The number of furan rings is 1. The first kappa shape index (κ1) is 17.0. The highest BCUT2D eigenvalue weighted by atomic mass is 16.3. The van der Waals surface area contributed by atoms with E-state index in [9.17, 15) is 9.59 Å². The fraction of sp³-hybridized carbons (Fsp3) is 0.304. The van der Waals surface area contributed by atoms with Gasteiger partial charge in [-0.2, -0.15) is 0 Å². The van der Waals surface area contributed by atoms with E-state index in [1.54, 1.807) is 18.4 Å². The largest absolute Gasteiger partial charge is 0.464 e. The summed E-state index contributed by atoms with van der Waals surface area (Å²) in [5.74, 6) is -0.294. The van der Waals surface area contributed by atoms with Gasteiger partial charge in [0.05, 0.1) is 23.9 Å². The molecule has 2 aromatic carbocycles. The second kappa shape index (κ2) is 6.82. The summed E-state index contributed by atoms with van der Waals surface area (Å²) in [5, 5.41) is 6.88. The molecule has 0 bridgehead atoms. The van der Waals surface area contributed by atoms with Crippen LogP contribution in [0.1, 0.15) is 46.3 Å². The van der Waals surface area contributed by atoms with Gasteiger partial charge in [0.1, 0.15) is 5.58 Å². The van der Waals surface area contributed by atoms with Crippen LogP contribution in [0.2, 0.25) is 0 Å². The van der Waals surface area contributed by atoms with Crippen LogP contribution in [0, 0.1) is 0 Å². The quantitative estimate of drug-likeness (QED) is 0.709. The van der Waals surface area contributed by atoms with Gasteiger partial charge < -0.3 is 15.1 Å². The number of amides is 2. The monoisotopic (exact) mass is 374 g/mol. The molecule has 0 atom stereocenters. The third-order valence-electron chi connectivity index (χ3n) is 5.58. The Bertz CT molecular complexity index is 1080. The topological polar surface area (TPSA) is 71.3 Å². The summed E-state index contributed by atoms with van der Waals surface area (Å²) >= 11 is 0. The molecule has 0 saturated heterocycles. The van der Waals surface area contributed by atoms with Crippen molar-refractivity contribution < 1.29 is 14.0 Å². The number of para-hydroxylation sites is 1. The molecule has 2 N–H and O–H groups in total. The molecule has 1 fully saturated rings. The zero-order chi connectivity index (χ0) is 19.1. The molecule has 0 spiro atoms. The van der Waals surface area contributed by atoms with Gasteiger partial charge in [-0.15, -0.1) is 0 Å². The lowest BCUT2D eigenvalue weighted by atomic mass is 10.0. The zero-order valence-corrected chi connectivity index (χ0v) is 15.6. The minimum absolute atomic E-state index is 0.136. The van der Waals surface area contributed by atoms with E-state index in [2.05, 4.69) is 22.8 Å². The first-order valence-electron chi connectivity index (χ1n) is 9.89. The van der Waals surface area contributed by atoms with Crippen molar-refractivity contribution in [1.29, 1.82) is 0 Å². The fourth-order valence-electron chi connectivity index (χ4n) is 3.93. The molecule has 5 nitrogen and oxygen atoms in total. The third kappa shape index (κ3) is 3.28. The van der Waals surface area contributed by atoms with Crippen molar-refractivity contribution in [3.8, 4) is 0 Å². The van der Waals surface area contributed by atoms with Crippen molar-refractivity contribution in [2.24, 2.45) is 0 Å². The first-order valence-corrected chi connectivity index (χ1v) is 9.89. The number of anilines is 1. The maximum Gasteiger partial charge on any atom is 0.253 e. The highest BCUT2D eigenvalue weighted by molar-refractivity contribution is 6.04. The number of nitrogens with one attached hydrogen (secondary N) is 2. The zero-order valence-electron chi connectivity index (χ0n) is 15.6. The molecular weight excluding hydrogens is 352 g/mol. The van der Waals surface area contributed by atoms with Crippen LogP contribution in [0.4, 0.5) is 5.69 Å². The number of carbonyl (C=O) groups excluding carboxylic acids is 2. The van der Waals surface area contributed by atoms with Crippen LogP contribution in [0.15, 0.2) is 47.1 Å². The van der Waals surface area contributed by atoms with E-state index in [4.69, 9.17) is 4.42 Å². The van der Waals surface area contributed by atoms with Gasteiger partial charge in [0.15, 0.2) is 0 Å². The van der Waals surface area contributed by atoms with Gasteiger partial charge in [0, 0.05) is 17.0 Å². The van der Waals surface area contributed by atoms with E-state index in [0.29, 0.717) is 11.3 Å². The molecule has 0 unspecified atom stereocenters. The number of carbonyl (C=O) groups is 2. The van der Waals surface area contributed by atoms with Crippen LogP contribution in [0.5, 0.6) is 0 Å². The number of hydrogen-bond acceptors (Lipinski definition) is 3. The number of aryl methyl sites for hydroxylation is 2. The smallest absolute Gasteiger partial charge is 0.253 e. The second-order valence-corrected chi connectivity index (χ2v) is 7.75. The Morgan fingerprint density at radius 1 is 1.07 bits per heavy atom. The summed E-state index contributed by atoms with van der Waals surface area (Å²) in [6, 6.07) is 11.7. The number of fused-ring (bicyclic) bond motifs is 2. The summed E-state index contributed by atoms with van der Waals surface area (Å²) in [7, 11) is 0. The molecule has 0 aliphatic heterocycles. The van der Waals surface area contributed by atoms with Gasteiger partial charge in [-0.1, -0.05) is 12.1 Å². The molecular formula is C23H22N2O3. The lowest BCUT2D eigenvalue weighted by Gasteiger charge is -2.11. The SMILES string of the molecule is O=C(Cc1coc2cc3c(cc12)CCC3)Nc1ccccc1C(=O)NC1CC1. The molecule has 1 aromatic heterocycles. The average molecular weight is 374 g/mol. The van der Waals surface area contributed by atoms with E-state index in [1.165, 1.54) is 17.5 Å². The first-order chi connectivity index (χ1) is 13.7. The lowest BCUT2D eigenvalue weighted by molar-refractivity contribution is -0.115. The number of rotatable bonds is 5. The van der Waals surface area contributed by atoms with Crippen molar-refractivity contribution in [2.75, 3.05) is 5.32 Å².